The van der Waals surface area contributed by atoms with Crippen LogP contribution in [-0.2, 0) is 13.5 Å². The highest BCUT2D eigenvalue weighted by Crippen LogP contribution is 2.16. The van der Waals surface area contributed by atoms with Gasteiger partial charge in [0.25, 0.3) is 0 Å². The molecule has 5 heteroatoms. The van der Waals surface area contributed by atoms with Gasteiger partial charge in [-0.3, -0.25) is 14.6 Å². The Hall–Kier alpha value is -1.75. The number of aryl methyl sites for hydroxylation is 2. The molecule has 0 bridgehead atoms. The van der Waals surface area contributed by atoms with Gasteiger partial charge in [0.05, 0.1) is 17.9 Å². The third kappa shape index (κ3) is 4.13. The fourth-order valence-corrected chi connectivity index (χ4v) is 2.08. The van der Waals surface area contributed by atoms with Crippen LogP contribution in [0.25, 0.3) is 0 Å². The second-order valence-electron chi connectivity index (χ2n) is 4.70. The lowest BCUT2D eigenvalue weighted by atomic mass is 10.1. The molecule has 5 nitrogen and oxygen atoms in total. The normalized spacial score (nSPS) is 12.5. The molecular weight excluding hydrogens is 238 g/mol. The summed E-state index contributed by atoms with van der Waals surface area (Å²) >= 11 is 0. The lowest BCUT2D eigenvalue weighted by molar-refractivity contribution is 0.487. The van der Waals surface area contributed by atoms with E-state index in [1.54, 1.807) is 12.4 Å². The number of rotatable bonds is 7. The monoisotopic (exact) mass is 259 g/mol. The van der Waals surface area contributed by atoms with Gasteiger partial charge in [0.15, 0.2) is 0 Å². The van der Waals surface area contributed by atoms with Gasteiger partial charge in [0, 0.05) is 31.8 Å². The third-order valence-corrected chi connectivity index (χ3v) is 3.06. The van der Waals surface area contributed by atoms with Crippen molar-refractivity contribution >= 4 is 0 Å². The first-order valence-electron chi connectivity index (χ1n) is 6.76. The molecule has 19 heavy (non-hydrogen) atoms. The molecule has 0 saturated heterocycles. The van der Waals surface area contributed by atoms with Gasteiger partial charge in [-0.15, -0.1) is 0 Å². The van der Waals surface area contributed by atoms with Crippen LogP contribution in [-0.4, -0.2) is 26.3 Å². The van der Waals surface area contributed by atoms with E-state index in [1.165, 1.54) is 5.56 Å². The van der Waals surface area contributed by atoms with E-state index in [9.17, 15) is 0 Å². The zero-order chi connectivity index (χ0) is 13.5. The van der Waals surface area contributed by atoms with E-state index >= 15 is 0 Å². The van der Waals surface area contributed by atoms with Gasteiger partial charge in [-0.05, 0) is 31.4 Å². The summed E-state index contributed by atoms with van der Waals surface area (Å²) in [5, 5.41) is 7.73. The molecule has 0 aromatic carbocycles. The Balaban J connectivity index is 1.97. The fraction of sp³-hybridized carbons (Fsp3) is 0.500. The average Bonchev–Trinajstić information content (AvgIpc) is 2.86. The van der Waals surface area contributed by atoms with Crippen molar-refractivity contribution in [3.8, 4) is 0 Å². The standard InChI is InChI=1S/C14H21N5/c1-3-6-16-13(14-10-15-7-8-17-14)5-4-12-9-18-19(2)11-12/h7-11,13,16H,3-6H2,1-2H3. The van der Waals surface area contributed by atoms with Gasteiger partial charge in [0.2, 0.25) is 0 Å². The zero-order valence-corrected chi connectivity index (χ0v) is 11.6. The predicted octanol–water partition coefficient (Wildman–Crippen LogP) is 1.88. The molecule has 0 radical (unpaired) electrons. The van der Waals surface area contributed by atoms with Crippen LogP contribution in [0.2, 0.25) is 0 Å². The lowest BCUT2D eigenvalue weighted by Crippen LogP contribution is -2.23. The maximum atomic E-state index is 4.40. The molecule has 0 amide bonds. The van der Waals surface area contributed by atoms with E-state index in [1.807, 2.05) is 24.1 Å². The minimum Gasteiger partial charge on any atom is -0.309 e. The first-order valence-corrected chi connectivity index (χ1v) is 6.76. The lowest BCUT2D eigenvalue weighted by Gasteiger charge is -2.17. The van der Waals surface area contributed by atoms with Crippen LogP contribution in [0.3, 0.4) is 0 Å². The molecule has 0 aliphatic rings. The molecule has 1 N–H and O–H groups in total. The number of nitrogens with zero attached hydrogens (tertiary/aromatic N) is 4. The summed E-state index contributed by atoms with van der Waals surface area (Å²) in [6, 6.07) is 0.258. The van der Waals surface area contributed by atoms with Crippen molar-refractivity contribution in [3.05, 3.63) is 42.2 Å². The quantitative estimate of drug-likeness (QED) is 0.825. The van der Waals surface area contributed by atoms with Gasteiger partial charge in [-0.25, -0.2) is 0 Å². The highest BCUT2D eigenvalue weighted by molar-refractivity contribution is 5.07. The van der Waals surface area contributed by atoms with Gasteiger partial charge in [0.1, 0.15) is 0 Å². The maximum Gasteiger partial charge on any atom is 0.0756 e. The van der Waals surface area contributed by atoms with Gasteiger partial charge < -0.3 is 5.32 Å². The van der Waals surface area contributed by atoms with Crippen molar-refractivity contribution in [2.45, 2.75) is 32.2 Å². The Kier molecular flexibility index (Phi) is 5.03. The minimum atomic E-state index is 0.258. The number of nitrogens with one attached hydrogen (secondary N) is 1. The SMILES string of the molecule is CCCNC(CCc1cnn(C)c1)c1cnccn1. The summed E-state index contributed by atoms with van der Waals surface area (Å²) in [7, 11) is 1.94. The summed E-state index contributed by atoms with van der Waals surface area (Å²) in [5.41, 5.74) is 2.27. The highest BCUT2D eigenvalue weighted by Gasteiger charge is 2.12. The Labute approximate surface area is 114 Å². The molecule has 0 aliphatic carbocycles. The van der Waals surface area contributed by atoms with E-state index in [0.717, 1.165) is 31.5 Å². The molecule has 0 fully saturated rings. The largest absolute Gasteiger partial charge is 0.309 e. The van der Waals surface area contributed by atoms with Crippen LogP contribution in [0.4, 0.5) is 0 Å². The van der Waals surface area contributed by atoms with Crippen molar-refractivity contribution in [1.82, 2.24) is 25.1 Å². The molecule has 102 valence electrons. The number of aromatic nitrogens is 4. The fourth-order valence-electron chi connectivity index (χ4n) is 2.08. The summed E-state index contributed by atoms with van der Waals surface area (Å²) < 4.78 is 1.84. The Morgan fingerprint density at radius 2 is 2.21 bits per heavy atom. The van der Waals surface area contributed by atoms with E-state index in [2.05, 4.69) is 33.5 Å². The molecule has 0 saturated carbocycles. The minimum absolute atomic E-state index is 0.258. The van der Waals surface area contributed by atoms with Gasteiger partial charge in [-0.1, -0.05) is 6.92 Å². The molecule has 1 atom stereocenters. The van der Waals surface area contributed by atoms with Crippen molar-refractivity contribution in [2.24, 2.45) is 7.05 Å². The first-order chi connectivity index (χ1) is 9.29. The van der Waals surface area contributed by atoms with Crippen LogP contribution in [0.1, 0.15) is 37.1 Å². The van der Waals surface area contributed by atoms with Crippen LogP contribution in [0.5, 0.6) is 0 Å². The highest BCUT2D eigenvalue weighted by atomic mass is 15.2. The van der Waals surface area contributed by atoms with Gasteiger partial charge in [-0.2, -0.15) is 5.10 Å². The van der Waals surface area contributed by atoms with Crippen molar-refractivity contribution in [1.29, 1.82) is 0 Å². The second kappa shape index (κ2) is 6.99. The molecule has 0 spiro atoms. The van der Waals surface area contributed by atoms with Crippen LogP contribution in [0, 0.1) is 0 Å². The second-order valence-corrected chi connectivity index (χ2v) is 4.70. The van der Waals surface area contributed by atoms with Crippen LogP contribution >= 0.6 is 0 Å². The molecule has 2 rings (SSSR count). The van der Waals surface area contributed by atoms with Crippen molar-refractivity contribution in [3.63, 3.8) is 0 Å². The third-order valence-electron chi connectivity index (χ3n) is 3.06. The predicted molar refractivity (Wildman–Crippen MR) is 74.6 cm³/mol. The first kappa shape index (κ1) is 13.7. The smallest absolute Gasteiger partial charge is 0.0756 e. The average molecular weight is 259 g/mol. The Morgan fingerprint density at radius 3 is 2.84 bits per heavy atom. The van der Waals surface area contributed by atoms with E-state index in [-0.39, 0.29) is 6.04 Å². The molecular formula is C14H21N5. The maximum absolute atomic E-state index is 4.40. The Morgan fingerprint density at radius 1 is 1.32 bits per heavy atom. The van der Waals surface area contributed by atoms with E-state index < -0.39 is 0 Å². The zero-order valence-electron chi connectivity index (χ0n) is 11.6. The molecule has 2 aromatic rings. The van der Waals surface area contributed by atoms with E-state index in [4.69, 9.17) is 0 Å². The summed E-state index contributed by atoms with van der Waals surface area (Å²) in [5.74, 6) is 0. The van der Waals surface area contributed by atoms with Crippen molar-refractivity contribution in [2.75, 3.05) is 6.54 Å². The number of hydrogen-bond acceptors (Lipinski definition) is 4. The van der Waals surface area contributed by atoms with Gasteiger partial charge >= 0.3 is 0 Å². The molecule has 0 aliphatic heterocycles. The van der Waals surface area contributed by atoms with E-state index in [0.29, 0.717) is 0 Å². The number of hydrogen-bond donors (Lipinski definition) is 1. The topological polar surface area (TPSA) is 55.6 Å². The molecule has 2 aromatic heterocycles. The Bertz CT molecular complexity index is 480. The van der Waals surface area contributed by atoms with Crippen molar-refractivity contribution < 1.29 is 0 Å². The molecule has 2 heterocycles. The van der Waals surface area contributed by atoms with Crippen LogP contribution < -0.4 is 5.32 Å². The summed E-state index contributed by atoms with van der Waals surface area (Å²) in [4.78, 5) is 8.56. The summed E-state index contributed by atoms with van der Waals surface area (Å²) in [6.07, 6.45) is 12.4. The summed E-state index contributed by atoms with van der Waals surface area (Å²) in [6.45, 7) is 3.16. The van der Waals surface area contributed by atoms with Crippen LogP contribution in [0.15, 0.2) is 31.0 Å². The molecule has 1 unspecified atom stereocenters.